The second-order valence-corrected chi connectivity index (χ2v) is 7.79. The van der Waals surface area contributed by atoms with Crippen molar-refractivity contribution >= 4 is 27.7 Å². The highest BCUT2D eigenvalue weighted by atomic mass is 79.9. The number of hydrogen-bond acceptors (Lipinski definition) is 2. The van der Waals surface area contributed by atoms with Crippen LogP contribution in [-0.2, 0) is 22.6 Å². The van der Waals surface area contributed by atoms with E-state index in [0.717, 1.165) is 15.6 Å². The van der Waals surface area contributed by atoms with Gasteiger partial charge < -0.3 is 10.2 Å². The number of rotatable bonds is 8. The summed E-state index contributed by atoms with van der Waals surface area (Å²) in [5.74, 6) is -0.148. The maximum absolute atomic E-state index is 13.0. The zero-order chi connectivity index (χ0) is 19.8. The van der Waals surface area contributed by atoms with E-state index < -0.39 is 6.04 Å². The molecule has 0 spiro atoms. The van der Waals surface area contributed by atoms with Crippen LogP contribution in [0.3, 0.4) is 0 Å². The lowest BCUT2D eigenvalue weighted by molar-refractivity contribution is -0.141. The first-order valence-electron chi connectivity index (χ1n) is 9.29. The summed E-state index contributed by atoms with van der Waals surface area (Å²) in [4.78, 5) is 27.4. The van der Waals surface area contributed by atoms with Crippen LogP contribution in [-0.4, -0.2) is 28.8 Å². The first-order valence-corrected chi connectivity index (χ1v) is 10.1. The molecular weight excluding hydrogens is 404 g/mol. The van der Waals surface area contributed by atoms with E-state index in [1.165, 1.54) is 0 Å². The average Bonchev–Trinajstić information content (AvgIpc) is 2.65. The third-order valence-corrected chi connectivity index (χ3v) is 4.80. The summed E-state index contributed by atoms with van der Waals surface area (Å²) in [5.41, 5.74) is 2.03. The van der Waals surface area contributed by atoms with Crippen LogP contribution in [0.15, 0.2) is 59.1 Å². The standard InChI is InChI=1S/C22H27BrN2O2/c1-4-21(26)25(15-18-10-12-19(23)13-11-18)20(22(27)24-16(2)3)14-17-8-6-5-7-9-17/h5-13,16,20H,4,14-15H2,1-3H3,(H,24,27)/t20-/m1/s1. The Morgan fingerprint density at radius 2 is 1.63 bits per heavy atom. The van der Waals surface area contributed by atoms with E-state index in [4.69, 9.17) is 0 Å². The molecule has 0 aliphatic heterocycles. The van der Waals surface area contributed by atoms with Crippen molar-refractivity contribution in [3.8, 4) is 0 Å². The molecule has 5 heteroatoms. The van der Waals surface area contributed by atoms with Gasteiger partial charge in [-0.2, -0.15) is 0 Å². The highest BCUT2D eigenvalue weighted by Crippen LogP contribution is 2.17. The Hall–Kier alpha value is -2.14. The number of amides is 2. The molecule has 1 atom stereocenters. The minimum atomic E-state index is -0.550. The molecule has 27 heavy (non-hydrogen) atoms. The molecule has 0 unspecified atom stereocenters. The van der Waals surface area contributed by atoms with Gasteiger partial charge in [0.25, 0.3) is 0 Å². The zero-order valence-electron chi connectivity index (χ0n) is 16.1. The molecule has 0 saturated carbocycles. The lowest BCUT2D eigenvalue weighted by atomic mass is 10.0. The van der Waals surface area contributed by atoms with Gasteiger partial charge >= 0.3 is 0 Å². The normalized spacial score (nSPS) is 11.9. The second-order valence-electron chi connectivity index (χ2n) is 6.87. The molecule has 144 valence electrons. The SMILES string of the molecule is CCC(=O)N(Cc1ccc(Br)cc1)[C@H](Cc1ccccc1)C(=O)NC(C)C. The van der Waals surface area contributed by atoms with Crippen LogP contribution in [0.2, 0.25) is 0 Å². The van der Waals surface area contributed by atoms with Crippen LogP contribution < -0.4 is 5.32 Å². The number of halogens is 1. The fourth-order valence-electron chi connectivity index (χ4n) is 2.92. The Morgan fingerprint density at radius 1 is 1.00 bits per heavy atom. The van der Waals surface area contributed by atoms with Crippen molar-refractivity contribution in [1.82, 2.24) is 10.2 Å². The molecule has 2 amide bonds. The molecule has 0 saturated heterocycles. The Balaban J connectivity index is 2.33. The van der Waals surface area contributed by atoms with Crippen molar-refractivity contribution in [1.29, 1.82) is 0 Å². The van der Waals surface area contributed by atoms with Crippen molar-refractivity contribution < 1.29 is 9.59 Å². The van der Waals surface area contributed by atoms with E-state index in [0.29, 0.717) is 19.4 Å². The van der Waals surface area contributed by atoms with Crippen LogP contribution in [0.4, 0.5) is 0 Å². The van der Waals surface area contributed by atoms with Crippen molar-refractivity contribution in [2.24, 2.45) is 0 Å². The molecule has 0 aliphatic rings. The predicted octanol–water partition coefficient (Wildman–Crippen LogP) is 4.32. The maximum atomic E-state index is 13.0. The zero-order valence-corrected chi connectivity index (χ0v) is 17.7. The van der Waals surface area contributed by atoms with Gasteiger partial charge in [-0.25, -0.2) is 0 Å². The van der Waals surface area contributed by atoms with Crippen molar-refractivity contribution in [3.63, 3.8) is 0 Å². The van der Waals surface area contributed by atoms with Crippen LogP contribution in [0.25, 0.3) is 0 Å². The summed E-state index contributed by atoms with van der Waals surface area (Å²) >= 11 is 3.43. The smallest absolute Gasteiger partial charge is 0.243 e. The van der Waals surface area contributed by atoms with Gasteiger partial charge in [0.05, 0.1) is 0 Å². The van der Waals surface area contributed by atoms with E-state index in [1.54, 1.807) is 4.90 Å². The first kappa shape index (κ1) is 21.2. The van der Waals surface area contributed by atoms with Crippen LogP contribution in [0.5, 0.6) is 0 Å². The molecule has 1 N–H and O–H groups in total. The summed E-state index contributed by atoms with van der Waals surface area (Å²) in [7, 11) is 0. The third-order valence-electron chi connectivity index (χ3n) is 4.27. The number of carbonyl (C=O) groups excluding carboxylic acids is 2. The van der Waals surface area contributed by atoms with Gasteiger partial charge in [0, 0.05) is 29.9 Å². The monoisotopic (exact) mass is 430 g/mol. The third kappa shape index (κ3) is 6.51. The summed E-state index contributed by atoms with van der Waals surface area (Å²) < 4.78 is 0.984. The molecule has 4 nitrogen and oxygen atoms in total. The fourth-order valence-corrected chi connectivity index (χ4v) is 3.19. The van der Waals surface area contributed by atoms with Crippen LogP contribution >= 0.6 is 15.9 Å². The quantitative estimate of drug-likeness (QED) is 0.677. The van der Waals surface area contributed by atoms with Gasteiger partial charge in [-0.05, 0) is 37.1 Å². The number of nitrogens with one attached hydrogen (secondary N) is 1. The van der Waals surface area contributed by atoms with Gasteiger partial charge in [-0.3, -0.25) is 9.59 Å². The Morgan fingerprint density at radius 3 is 2.19 bits per heavy atom. The summed E-state index contributed by atoms with van der Waals surface area (Å²) in [6.45, 7) is 6.09. The fraction of sp³-hybridized carbons (Fsp3) is 0.364. The molecule has 2 rings (SSSR count). The van der Waals surface area contributed by atoms with Gasteiger partial charge in [0.2, 0.25) is 11.8 Å². The van der Waals surface area contributed by atoms with E-state index >= 15 is 0 Å². The minimum Gasteiger partial charge on any atom is -0.352 e. The molecule has 0 fully saturated rings. The first-order chi connectivity index (χ1) is 12.9. The molecule has 0 aromatic heterocycles. The van der Waals surface area contributed by atoms with Gasteiger partial charge in [-0.15, -0.1) is 0 Å². The van der Waals surface area contributed by atoms with E-state index in [1.807, 2.05) is 75.4 Å². The Bertz CT molecular complexity index is 745. The molecule has 0 heterocycles. The topological polar surface area (TPSA) is 49.4 Å². The van der Waals surface area contributed by atoms with E-state index in [-0.39, 0.29) is 17.9 Å². The minimum absolute atomic E-state index is 0.0158. The van der Waals surface area contributed by atoms with Crippen molar-refractivity contribution in [2.45, 2.75) is 52.2 Å². The van der Waals surface area contributed by atoms with E-state index in [9.17, 15) is 9.59 Å². The molecular formula is C22H27BrN2O2. The number of benzene rings is 2. The Kier molecular flexibility index (Phi) is 8.04. The van der Waals surface area contributed by atoms with E-state index in [2.05, 4.69) is 21.2 Å². The number of nitrogens with zero attached hydrogens (tertiary/aromatic N) is 1. The van der Waals surface area contributed by atoms with Crippen LogP contribution in [0, 0.1) is 0 Å². The highest BCUT2D eigenvalue weighted by molar-refractivity contribution is 9.10. The summed E-state index contributed by atoms with van der Waals surface area (Å²) in [6, 6.07) is 17.1. The summed E-state index contributed by atoms with van der Waals surface area (Å²) in [5, 5.41) is 2.98. The Labute approximate surface area is 170 Å². The molecule has 2 aromatic rings. The lowest BCUT2D eigenvalue weighted by Gasteiger charge is -2.32. The number of hydrogen-bond donors (Lipinski definition) is 1. The highest BCUT2D eigenvalue weighted by Gasteiger charge is 2.29. The molecule has 2 aromatic carbocycles. The van der Waals surface area contributed by atoms with Crippen molar-refractivity contribution in [3.05, 3.63) is 70.2 Å². The molecule has 0 radical (unpaired) electrons. The lowest BCUT2D eigenvalue weighted by Crippen LogP contribution is -2.51. The van der Waals surface area contributed by atoms with Gasteiger partial charge in [0.1, 0.15) is 6.04 Å². The molecule has 0 aliphatic carbocycles. The maximum Gasteiger partial charge on any atom is 0.243 e. The largest absolute Gasteiger partial charge is 0.352 e. The molecule has 0 bridgehead atoms. The van der Waals surface area contributed by atoms with Gasteiger partial charge in [0.15, 0.2) is 0 Å². The van der Waals surface area contributed by atoms with Crippen LogP contribution in [0.1, 0.15) is 38.3 Å². The summed E-state index contributed by atoms with van der Waals surface area (Å²) in [6.07, 6.45) is 0.846. The van der Waals surface area contributed by atoms with Crippen molar-refractivity contribution in [2.75, 3.05) is 0 Å². The average molecular weight is 431 g/mol. The second kappa shape index (κ2) is 10.3. The predicted molar refractivity (Wildman–Crippen MR) is 112 cm³/mol. The number of carbonyl (C=O) groups is 2. The van der Waals surface area contributed by atoms with Gasteiger partial charge in [-0.1, -0.05) is 65.3 Å².